The Bertz CT molecular complexity index is 939. The minimum Gasteiger partial charge on any atom is -0.489 e. The lowest BCUT2D eigenvalue weighted by molar-refractivity contribution is -0.122. The van der Waals surface area contributed by atoms with Gasteiger partial charge >= 0.3 is 5.97 Å². The molecule has 0 spiro atoms. The molecule has 0 aliphatic carbocycles. The number of benzene rings is 2. The molecule has 150 valence electrons. The van der Waals surface area contributed by atoms with Crippen molar-refractivity contribution in [2.75, 3.05) is 20.3 Å². The van der Waals surface area contributed by atoms with E-state index in [1.807, 2.05) is 24.3 Å². The maximum atomic E-state index is 12.5. The van der Waals surface area contributed by atoms with Crippen LogP contribution in [0, 0.1) is 0 Å². The summed E-state index contributed by atoms with van der Waals surface area (Å²) in [6, 6.07) is 13.9. The number of methoxy groups -OCH3 is 1. The maximum Gasteiger partial charge on any atom is 0.335 e. The molecule has 0 aromatic heterocycles. The van der Waals surface area contributed by atoms with E-state index in [1.54, 1.807) is 42.4 Å². The van der Waals surface area contributed by atoms with Crippen molar-refractivity contribution in [1.82, 2.24) is 4.90 Å². The molecule has 0 radical (unpaired) electrons. The molecule has 3 rings (SSSR count). The third-order valence-corrected chi connectivity index (χ3v) is 5.55. The Morgan fingerprint density at radius 1 is 1.17 bits per heavy atom. The van der Waals surface area contributed by atoms with Gasteiger partial charge in [-0.2, -0.15) is 0 Å². The molecule has 1 aliphatic heterocycles. The number of carbonyl (C=O) groups excluding carboxylic acids is 1. The van der Waals surface area contributed by atoms with Gasteiger partial charge in [0.1, 0.15) is 16.7 Å². The predicted octanol–water partition coefficient (Wildman–Crippen LogP) is 3.81. The van der Waals surface area contributed by atoms with E-state index >= 15 is 0 Å². The van der Waals surface area contributed by atoms with Gasteiger partial charge < -0.3 is 14.6 Å². The smallest absolute Gasteiger partial charge is 0.335 e. The van der Waals surface area contributed by atoms with E-state index in [0.717, 1.165) is 11.1 Å². The van der Waals surface area contributed by atoms with E-state index in [0.29, 0.717) is 34.7 Å². The number of thiocarbonyl (C=S) groups is 1. The number of carboxylic acid groups (broad SMARTS) is 1. The van der Waals surface area contributed by atoms with Crippen LogP contribution in [0.15, 0.2) is 53.4 Å². The first-order valence-corrected chi connectivity index (χ1v) is 10.00. The number of carboxylic acids is 1. The predicted molar refractivity (Wildman–Crippen MR) is 116 cm³/mol. The lowest BCUT2D eigenvalue weighted by Crippen LogP contribution is -2.31. The first-order chi connectivity index (χ1) is 14.0. The number of hydrogen-bond donors (Lipinski definition) is 1. The maximum absolute atomic E-state index is 12.5. The molecule has 1 N–H and O–H groups in total. The van der Waals surface area contributed by atoms with Crippen molar-refractivity contribution < 1.29 is 24.2 Å². The molecule has 0 unspecified atom stereocenters. The van der Waals surface area contributed by atoms with Crippen LogP contribution in [0.1, 0.15) is 21.5 Å². The molecule has 29 heavy (non-hydrogen) atoms. The third-order valence-electron chi connectivity index (χ3n) is 4.18. The highest BCUT2D eigenvalue weighted by Crippen LogP contribution is 2.32. The highest BCUT2D eigenvalue weighted by atomic mass is 32.2. The van der Waals surface area contributed by atoms with Gasteiger partial charge in [-0.1, -0.05) is 48.2 Å². The second-order valence-electron chi connectivity index (χ2n) is 6.19. The van der Waals surface area contributed by atoms with Crippen molar-refractivity contribution in [1.29, 1.82) is 0 Å². The zero-order valence-electron chi connectivity index (χ0n) is 15.7. The summed E-state index contributed by atoms with van der Waals surface area (Å²) in [4.78, 5) is 25.5. The number of aromatic carboxylic acids is 1. The quantitative estimate of drug-likeness (QED) is 0.505. The fraction of sp³-hybridized carbons (Fsp3) is 0.190. The van der Waals surface area contributed by atoms with Crippen molar-refractivity contribution in [3.63, 3.8) is 0 Å². The van der Waals surface area contributed by atoms with Crippen LogP contribution in [0.3, 0.4) is 0 Å². The summed E-state index contributed by atoms with van der Waals surface area (Å²) in [6.45, 7) is 1.21. The number of rotatable bonds is 8. The number of nitrogens with zero attached hydrogens (tertiary/aromatic N) is 1. The van der Waals surface area contributed by atoms with Gasteiger partial charge in [0.15, 0.2) is 0 Å². The summed E-state index contributed by atoms with van der Waals surface area (Å²) in [5, 5.41) is 8.92. The fourth-order valence-corrected chi connectivity index (χ4v) is 3.91. The Morgan fingerprint density at radius 3 is 2.48 bits per heavy atom. The van der Waals surface area contributed by atoms with E-state index < -0.39 is 5.97 Å². The minimum absolute atomic E-state index is 0.109. The SMILES string of the molecule is COCCN1C(=O)C(=Cc2ccc(OCc3ccc(C(=O)O)cc3)cc2)SC1=S. The van der Waals surface area contributed by atoms with Crippen LogP contribution in [-0.2, 0) is 16.1 Å². The van der Waals surface area contributed by atoms with Crippen LogP contribution in [-0.4, -0.2) is 46.5 Å². The Hall–Kier alpha value is -2.68. The third kappa shape index (κ3) is 5.44. The average Bonchev–Trinajstić information content (AvgIpc) is 2.98. The molecular formula is C21H19NO5S2. The van der Waals surface area contributed by atoms with Crippen LogP contribution in [0.5, 0.6) is 5.75 Å². The summed E-state index contributed by atoms with van der Waals surface area (Å²) >= 11 is 6.55. The highest BCUT2D eigenvalue weighted by molar-refractivity contribution is 8.26. The average molecular weight is 430 g/mol. The first-order valence-electron chi connectivity index (χ1n) is 8.77. The topological polar surface area (TPSA) is 76.1 Å². The Morgan fingerprint density at radius 2 is 1.86 bits per heavy atom. The summed E-state index contributed by atoms with van der Waals surface area (Å²) in [6.07, 6.45) is 1.81. The van der Waals surface area contributed by atoms with Gasteiger partial charge in [-0.25, -0.2) is 4.79 Å². The standard InChI is InChI=1S/C21H19NO5S2/c1-26-11-10-22-19(23)18(29-21(22)28)12-14-4-8-17(9-5-14)27-13-15-2-6-16(7-3-15)20(24)25/h2-9,12H,10-11,13H2,1H3,(H,24,25). The zero-order chi connectivity index (χ0) is 20.8. The van der Waals surface area contributed by atoms with Crippen molar-refractivity contribution in [3.8, 4) is 5.75 Å². The summed E-state index contributed by atoms with van der Waals surface area (Å²) in [5.74, 6) is -0.386. The van der Waals surface area contributed by atoms with E-state index in [-0.39, 0.29) is 11.5 Å². The van der Waals surface area contributed by atoms with Crippen LogP contribution < -0.4 is 4.74 Å². The first kappa shape index (κ1) is 21.0. The number of thioether (sulfide) groups is 1. The lowest BCUT2D eigenvalue weighted by atomic mass is 10.1. The van der Waals surface area contributed by atoms with Gasteiger partial charge in [-0.05, 0) is 41.5 Å². The number of amides is 1. The molecule has 1 heterocycles. The zero-order valence-corrected chi connectivity index (χ0v) is 17.3. The molecule has 0 bridgehead atoms. The molecule has 1 fully saturated rings. The van der Waals surface area contributed by atoms with E-state index in [4.69, 9.17) is 26.8 Å². The largest absolute Gasteiger partial charge is 0.489 e. The number of ether oxygens (including phenoxy) is 2. The van der Waals surface area contributed by atoms with Gasteiger partial charge in [-0.15, -0.1) is 0 Å². The van der Waals surface area contributed by atoms with Crippen LogP contribution in [0.4, 0.5) is 0 Å². The highest BCUT2D eigenvalue weighted by Gasteiger charge is 2.31. The molecule has 1 amide bonds. The normalized spacial score (nSPS) is 15.2. The van der Waals surface area contributed by atoms with Crippen molar-refractivity contribution in [3.05, 3.63) is 70.1 Å². The fourth-order valence-electron chi connectivity index (χ4n) is 2.60. The minimum atomic E-state index is -0.955. The molecular weight excluding hydrogens is 410 g/mol. The summed E-state index contributed by atoms with van der Waals surface area (Å²) in [5.41, 5.74) is 1.99. The molecule has 0 saturated carbocycles. The Balaban J connectivity index is 1.60. The van der Waals surface area contributed by atoms with Gasteiger partial charge in [0.2, 0.25) is 0 Å². The van der Waals surface area contributed by atoms with Crippen LogP contribution in [0.2, 0.25) is 0 Å². The molecule has 2 aromatic carbocycles. The second-order valence-corrected chi connectivity index (χ2v) is 7.86. The van der Waals surface area contributed by atoms with E-state index in [1.165, 1.54) is 11.8 Å². The van der Waals surface area contributed by atoms with E-state index in [2.05, 4.69) is 0 Å². The van der Waals surface area contributed by atoms with Crippen LogP contribution >= 0.6 is 24.0 Å². The van der Waals surface area contributed by atoms with Crippen molar-refractivity contribution in [2.45, 2.75) is 6.61 Å². The number of hydrogen-bond acceptors (Lipinski definition) is 6. The molecule has 1 aliphatic rings. The van der Waals surface area contributed by atoms with Crippen LogP contribution in [0.25, 0.3) is 6.08 Å². The van der Waals surface area contributed by atoms with Crippen molar-refractivity contribution in [2.24, 2.45) is 0 Å². The van der Waals surface area contributed by atoms with Gasteiger partial charge in [-0.3, -0.25) is 9.69 Å². The lowest BCUT2D eigenvalue weighted by Gasteiger charge is -2.12. The second kappa shape index (κ2) is 9.69. The van der Waals surface area contributed by atoms with Crippen molar-refractivity contribution >= 4 is 46.3 Å². The number of carbonyl (C=O) groups is 2. The Kier molecular flexibility index (Phi) is 7.03. The summed E-state index contributed by atoms with van der Waals surface area (Å²) in [7, 11) is 1.59. The summed E-state index contributed by atoms with van der Waals surface area (Å²) < 4.78 is 11.3. The van der Waals surface area contributed by atoms with E-state index in [9.17, 15) is 9.59 Å². The monoisotopic (exact) mass is 429 g/mol. The van der Waals surface area contributed by atoms with Gasteiger partial charge in [0, 0.05) is 7.11 Å². The molecule has 0 atom stereocenters. The molecule has 8 heteroatoms. The molecule has 1 saturated heterocycles. The Labute approximate surface area is 178 Å². The molecule has 2 aromatic rings. The van der Waals surface area contributed by atoms with Gasteiger partial charge in [0.05, 0.1) is 23.6 Å². The molecule has 6 nitrogen and oxygen atoms in total. The van der Waals surface area contributed by atoms with Gasteiger partial charge in [0.25, 0.3) is 5.91 Å².